The lowest BCUT2D eigenvalue weighted by molar-refractivity contribution is 0.0837. The molecule has 0 radical (unpaired) electrons. The SMILES string of the molecule is C/C=C\c1ccccc1O[C@@H]1C=CC[C@H]1O[Si](C)(C)C(C)(C)C. The molecule has 0 heterocycles. The molecule has 0 fully saturated rings. The molecule has 0 spiro atoms. The van der Waals surface area contributed by atoms with Crippen LogP contribution in [0.15, 0.2) is 42.5 Å². The monoisotopic (exact) mass is 330 g/mol. The van der Waals surface area contributed by atoms with Crippen molar-refractivity contribution < 1.29 is 9.16 Å². The van der Waals surface area contributed by atoms with E-state index in [2.05, 4.69) is 58.2 Å². The van der Waals surface area contributed by atoms with Crippen LogP contribution < -0.4 is 4.74 Å². The van der Waals surface area contributed by atoms with E-state index in [9.17, 15) is 0 Å². The molecule has 0 N–H and O–H groups in total. The maximum Gasteiger partial charge on any atom is 0.192 e. The summed E-state index contributed by atoms with van der Waals surface area (Å²) in [5.41, 5.74) is 1.11. The van der Waals surface area contributed by atoms with Gasteiger partial charge in [-0.3, -0.25) is 0 Å². The number of hydrogen-bond donors (Lipinski definition) is 0. The Kier molecular flexibility index (Phi) is 5.53. The van der Waals surface area contributed by atoms with Crippen molar-refractivity contribution in [1.82, 2.24) is 0 Å². The lowest BCUT2D eigenvalue weighted by atomic mass is 10.2. The van der Waals surface area contributed by atoms with Crippen LogP contribution in [0.1, 0.15) is 39.7 Å². The summed E-state index contributed by atoms with van der Waals surface area (Å²) in [6.45, 7) is 13.5. The normalized spacial score (nSPS) is 22.0. The van der Waals surface area contributed by atoms with Crippen LogP contribution in [0, 0.1) is 0 Å². The number of allylic oxidation sites excluding steroid dienone is 1. The van der Waals surface area contributed by atoms with E-state index in [4.69, 9.17) is 9.16 Å². The van der Waals surface area contributed by atoms with Gasteiger partial charge >= 0.3 is 0 Å². The molecule has 2 atom stereocenters. The Morgan fingerprint density at radius 3 is 2.52 bits per heavy atom. The van der Waals surface area contributed by atoms with Crippen LogP contribution in [-0.4, -0.2) is 20.5 Å². The molecule has 0 bridgehead atoms. The van der Waals surface area contributed by atoms with Crippen molar-refractivity contribution in [3.8, 4) is 5.75 Å². The first-order valence-electron chi connectivity index (χ1n) is 8.47. The van der Waals surface area contributed by atoms with E-state index >= 15 is 0 Å². The molecule has 0 unspecified atom stereocenters. The lowest BCUT2D eigenvalue weighted by Crippen LogP contribution is -2.46. The molecule has 0 amide bonds. The Morgan fingerprint density at radius 1 is 1.17 bits per heavy atom. The van der Waals surface area contributed by atoms with Gasteiger partial charge in [0.1, 0.15) is 11.9 Å². The zero-order valence-electron chi connectivity index (χ0n) is 15.3. The van der Waals surface area contributed by atoms with Crippen LogP contribution in [-0.2, 0) is 4.43 Å². The van der Waals surface area contributed by atoms with Gasteiger partial charge in [-0.15, -0.1) is 0 Å². The first-order valence-corrected chi connectivity index (χ1v) is 11.4. The van der Waals surface area contributed by atoms with Crippen LogP contribution in [0.25, 0.3) is 6.08 Å². The van der Waals surface area contributed by atoms with Gasteiger partial charge in [0.05, 0.1) is 6.10 Å². The predicted octanol–water partition coefficient (Wildman–Crippen LogP) is 5.82. The highest BCUT2D eigenvalue weighted by Crippen LogP contribution is 2.39. The molecule has 0 aromatic heterocycles. The Morgan fingerprint density at radius 2 is 1.87 bits per heavy atom. The molecule has 23 heavy (non-hydrogen) atoms. The molecule has 1 aromatic carbocycles. The average Bonchev–Trinajstić information content (AvgIpc) is 2.86. The number of hydrogen-bond acceptors (Lipinski definition) is 2. The Bertz CT molecular complexity index is 582. The average molecular weight is 331 g/mol. The van der Waals surface area contributed by atoms with Crippen molar-refractivity contribution in [2.45, 2.75) is 64.5 Å². The fourth-order valence-electron chi connectivity index (χ4n) is 2.44. The summed E-state index contributed by atoms with van der Waals surface area (Å²) in [5, 5.41) is 0.211. The van der Waals surface area contributed by atoms with Gasteiger partial charge in [0, 0.05) is 5.56 Å². The van der Waals surface area contributed by atoms with Crippen LogP contribution >= 0.6 is 0 Å². The minimum Gasteiger partial charge on any atom is -0.483 e. The van der Waals surface area contributed by atoms with Crippen molar-refractivity contribution in [3.63, 3.8) is 0 Å². The molecule has 2 nitrogen and oxygen atoms in total. The van der Waals surface area contributed by atoms with Gasteiger partial charge in [-0.2, -0.15) is 0 Å². The number of para-hydroxylation sites is 1. The van der Waals surface area contributed by atoms with E-state index in [0.717, 1.165) is 17.7 Å². The molecule has 2 rings (SSSR count). The highest BCUT2D eigenvalue weighted by Gasteiger charge is 2.41. The van der Waals surface area contributed by atoms with Crippen LogP contribution in [0.2, 0.25) is 18.1 Å². The van der Waals surface area contributed by atoms with Crippen LogP contribution in [0.4, 0.5) is 0 Å². The van der Waals surface area contributed by atoms with E-state index in [-0.39, 0.29) is 17.2 Å². The third-order valence-corrected chi connectivity index (χ3v) is 9.35. The predicted molar refractivity (Wildman–Crippen MR) is 101 cm³/mol. The quantitative estimate of drug-likeness (QED) is 0.500. The molecular weight excluding hydrogens is 300 g/mol. The van der Waals surface area contributed by atoms with Crippen molar-refractivity contribution in [3.05, 3.63) is 48.1 Å². The van der Waals surface area contributed by atoms with Gasteiger partial charge in [0.25, 0.3) is 0 Å². The lowest BCUT2D eigenvalue weighted by Gasteiger charge is -2.39. The topological polar surface area (TPSA) is 18.5 Å². The van der Waals surface area contributed by atoms with E-state index in [0.29, 0.717) is 0 Å². The summed E-state index contributed by atoms with van der Waals surface area (Å²) < 4.78 is 12.9. The van der Waals surface area contributed by atoms with Gasteiger partial charge in [0.15, 0.2) is 8.32 Å². The summed E-state index contributed by atoms with van der Waals surface area (Å²) in [5.74, 6) is 0.922. The number of ether oxygens (including phenoxy) is 1. The second-order valence-electron chi connectivity index (χ2n) is 7.70. The fourth-order valence-corrected chi connectivity index (χ4v) is 3.78. The van der Waals surface area contributed by atoms with E-state index in [1.165, 1.54) is 0 Å². The van der Waals surface area contributed by atoms with Gasteiger partial charge < -0.3 is 9.16 Å². The van der Waals surface area contributed by atoms with Crippen molar-refractivity contribution >= 4 is 14.4 Å². The van der Waals surface area contributed by atoms with E-state index in [1.54, 1.807) is 0 Å². The maximum absolute atomic E-state index is 6.58. The van der Waals surface area contributed by atoms with Gasteiger partial charge in [-0.1, -0.05) is 57.2 Å². The molecular formula is C20H30O2Si. The van der Waals surface area contributed by atoms with E-state index in [1.807, 2.05) is 31.2 Å². The molecule has 0 saturated carbocycles. The molecule has 126 valence electrons. The third kappa shape index (κ3) is 4.36. The molecule has 3 heteroatoms. The highest BCUT2D eigenvalue weighted by atomic mass is 28.4. The minimum absolute atomic E-state index is 0.00414. The van der Waals surface area contributed by atoms with Crippen molar-refractivity contribution in [2.75, 3.05) is 0 Å². The summed E-state index contributed by atoms with van der Waals surface area (Å²) in [4.78, 5) is 0. The highest BCUT2D eigenvalue weighted by molar-refractivity contribution is 6.74. The largest absolute Gasteiger partial charge is 0.483 e. The standard InChI is InChI=1S/C20H30O2Si/c1-7-11-16-12-8-9-13-17(16)21-18-14-10-15-19(18)22-23(5,6)20(2,3)4/h7-14,18-19H,15H2,1-6H3/b11-7-/t18-,19-/m1/s1. The van der Waals surface area contributed by atoms with Crippen molar-refractivity contribution in [1.29, 1.82) is 0 Å². The summed E-state index contributed by atoms with van der Waals surface area (Å²) in [7, 11) is -1.79. The second-order valence-corrected chi connectivity index (χ2v) is 12.5. The summed E-state index contributed by atoms with van der Waals surface area (Å²) in [6, 6.07) is 8.17. The first-order chi connectivity index (χ1) is 10.7. The Balaban J connectivity index is 2.13. The second kappa shape index (κ2) is 7.06. The molecule has 0 saturated heterocycles. The third-order valence-electron chi connectivity index (χ3n) is 4.84. The van der Waals surface area contributed by atoms with Gasteiger partial charge in [0.2, 0.25) is 0 Å². The van der Waals surface area contributed by atoms with Crippen LogP contribution in [0.3, 0.4) is 0 Å². The van der Waals surface area contributed by atoms with Crippen molar-refractivity contribution in [2.24, 2.45) is 0 Å². The smallest absolute Gasteiger partial charge is 0.192 e. The Hall–Kier alpha value is -1.32. The maximum atomic E-state index is 6.58. The molecule has 1 aromatic rings. The number of rotatable bonds is 5. The Labute approximate surface area is 142 Å². The van der Waals surface area contributed by atoms with Gasteiger partial charge in [-0.05, 0) is 43.6 Å². The zero-order chi connectivity index (χ0) is 17.1. The summed E-state index contributed by atoms with van der Waals surface area (Å²) >= 11 is 0. The fraction of sp³-hybridized carbons (Fsp3) is 0.500. The molecule has 1 aliphatic rings. The van der Waals surface area contributed by atoms with Crippen LogP contribution in [0.5, 0.6) is 5.75 Å². The van der Waals surface area contributed by atoms with Gasteiger partial charge in [-0.25, -0.2) is 0 Å². The minimum atomic E-state index is -1.79. The number of benzene rings is 1. The molecule has 1 aliphatic carbocycles. The summed E-state index contributed by atoms with van der Waals surface area (Å²) in [6.07, 6.45) is 9.49. The zero-order valence-corrected chi connectivity index (χ0v) is 16.3. The molecule has 0 aliphatic heterocycles. The van der Waals surface area contributed by atoms with E-state index < -0.39 is 8.32 Å². The first kappa shape index (κ1) is 18.0.